The second kappa shape index (κ2) is 5.73. The predicted molar refractivity (Wildman–Crippen MR) is 96.9 cm³/mol. The highest BCUT2D eigenvalue weighted by atomic mass is 17.4. The first-order valence-electron chi connectivity index (χ1n) is 9.80. The summed E-state index contributed by atoms with van der Waals surface area (Å²) in [7, 11) is 0. The zero-order valence-corrected chi connectivity index (χ0v) is 17.1. The molecular weight excluding hydrogens is 284 g/mol. The second-order valence-corrected chi connectivity index (χ2v) is 10.4. The molecule has 1 aliphatic carbocycles. The zero-order chi connectivity index (χ0) is 17.7. The van der Waals surface area contributed by atoms with Crippen molar-refractivity contribution in [3.05, 3.63) is 0 Å². The van der Waals surface area contributed by atoms with E-state index in [1.54, 1.807) is 0 Å². The maximum atomic E-state index is 5.98. The monoisotopic (exact) mass is 324 g/mol. The summed E-state index contributed by atoms with van der Waals surface area (Å²) in [5, 5.41) is 0. The molecule has 1 aliphatic heterocycles. The minimum absolute atomic E-state index is 0.0419. The van der Waals surface area contributed by atoms with E-state index in [1.807, 2.05) is 0 Å². The molecule has 23 heavy (non-hydrogen) atoms. The zero-order valence-electron chi connectivity index (χ0n) is 17.1. The smallest absolute Gasteiger partial charge is 0.194 e. The van der Waals surface area contributed by atoms with Crippen LogP contribution >= 0.6 is 0 Å². The molecule has 0 amide bonds. The van der Waals surface area contributed by atoms with Crippen LogP contribution in [0.3, 0.4) is 0 Å². The average molecular weight is 325 g/mol. The molecule has 0 bridgehead atoms. The van der Waals surface area contributed by atoms with Gasteiger partial charge in [-0.05, 0) is 42.4 Å². The van der Waals surface area contributed by atoms with Gasteiger partial charge in [-0.25, -0.2) is 0 Å². The van der Waals surface area contributed by atoms with Gasteiger partial charge >= 0.3 is 0 Å². The van der Waals surface area contributed by atoms with Gasteiger partial charge in [-0.15, -0.1) is 0 Å². The van der Waals surface area contributed by atoms with Crippen LogP contribution in [0.5, 0.6) is 0 Å². The Balaban J connectivity index is 2.67. The van der Waals surface area contributed by atoms with Crippen molar-refractivity contribution >= 4 is 0 Å². The van der Waals surface area contributed by atoms with E-state index in [9.17, 15) is 0 Å². The molecule has 2 aliphatic rings. The van der Waals surface area contributed by atoms with Gasteiger partial charge < -0.3 is 0 Å². The van der Waals surface area contributed by atoms with Crippen LogP contribution in [0.4, 0.5) is 0 Å². The van der Waals surface area contributed by atoms with Crippen LogP contribution in [0.15, 0.2) is 0 Å². The van der Waals surface area contributed by atoms with Crippen molar-refractivity contribution in [3.63, 3.8) is 0 Å². The van der Waals surface area contributed by atoms with Crippen molar-refractivity contribution in [1.82, 2.24) is 0 Å². The average Bonchev–Trinajstić information content (AvgIpc) is 3.15. The highest BCUT2D eigenvalue weighted by Gasteiger charge is 2.81. The maximum Gasteiger partial charge on any atom is 0.245 e. The fourth-order valence-corrected chi connectivity index (χ4v) is 6.76. The third kappa shape index (κ3) is 2.51. The van der Waals surface area contributed by atoms with E-state index in [-0.39, 0.29) is 21.7 Å². The molecule has 2 rings (SSSR count). The highest BCUT2D eigenvalue weighted by Crippen LogP contribution is 2.76. The van der Waals surface area contributed by atoms with Crippen molar-refractivity contribution in [2.45, 2.75) is 107 Å². The fraction of sp³-hybridized carbons (Fsp3) is 1.00. The summed E-state index contributed by atoms with van der Waals surface area (Å²) in [5.41, 5.74) is 0.465. The van der Waals surface area contributed by atoms with Crippen LogP contribution < -0.4 is 0 Å². The van der Waals surface area contributed by atoms with Gasteiger partial charge in [0.15, 0.2) is 0 Å². The Morgan fingerprint density at radius 1 is 0.870 bits per heavy atom. The third-order valence-electron chi connectivity index (χ3n) is 7.28. The first-order valence-corrected chi connectivity index (χ1v) is 9.80. The third-order valence-corrected chi connectivity index (χ3v) is 7.28. The van der Waals surface area contributed by atoms with Crippen LogP contribution in [0.2, 0.25) is 0 Å². The molecule has 0 N–H and O–H groups in total. The molecule has 2 nitrogen and oxygen atoms in total. The van der Waals surface area contributed by atoms with Gasteiger partial charge in [0.2, 0.25) is 5.79 Å². The molecule has 1 saturated heterocycles. The minimum atomic E-state index is -0.413. The van der Waals surface area contributed by atoms with E-state index in [1.165, 1.54) is 38.5 Å². The summed E-state index contributed by atoms with van der Waals surface area (Å²) in [5.74, 6) is 0.291. The van der Waals surface area contributed by atoms with Crippen LogP contribution in [0.25, 0.3) is 0 Å². The molecule has 0 aromatic heterocycles. The van der Waals surface area contributed by atoms with Gasteiger partial charge in [0.25, 0.3) is 0 Å². The summed E-state index contributed by atoms with van der Waals surface area (Å²) in [6.45, 7) is 21.6. The molecule has 0 radical (unpaired) electrons. The quantitative estimate of drug-likeness (QED) is 0.399. The standard InChI is InChI=1S/C21H40O2/c1-10-12-17(4,5)20(18(6,7)13-11-2)15-16(3)14-19(8,9)21(20)22-23-21/h16H,10-15H2,1-9H3. The summed E-state index contributed by atoms with van der Waals surface area (Å²) in [4.78, 5) is 12.0. The van der Waals surface area contributed by atoms with Crippen LogP contribution in [-0.4, -0.2) is 5.79 Å². The molecule has 2 heteroatoms. The van der Waals surface area contributed by atoms with Gasteiger partial charge in [0, 0.05) is 10.8 Å². The predicted octanol–water partition coefficient (Wildman–Crippen LogP) is 6.74. The molecule has 1 saturated carbocycles. The molecule has 1 unspecified atom stereocenters. The highest BCUT2D eigenvalue weighted by molar-refractivity contribution is 5.19. The SMILES string of the molecule is CCCC(C)(C)C1(C(C)(C)CCC)CC(C)CC(C)(C)C12OO2. The Labute approximate surface area is 144 Å². The van der Waals surface area contributed by atoms with Gasteiger partial charge in [-0.3, -0.25) is 0 Å². The molecule has 0 aromatic rings. The molecule has 136 valence electrons. The lowest BCUT2D eigenvalue weighted by molar-refractivity contribution is -0.208. The van der Waals surface area contributed by atoms with Crippen molar-refractivity contribution in [2.24, 2.45) is 27.6 Å². The van der Waals surface area contributed by atoms with Gasteiger partial charge in [0.05, 0.1) is 0 Å². The van der Waals surface area contributed by atoms with E-state index in [2.05, 4.69) is 62.3 Å². The van der Waals surface area contributed by atoms with Crippen molar-refractivity contribution in [2.75, 3.05) is 0 Å². The second-order valence-electron chi connectivity index (χ2n) is 10.4. The van der Waals surface area contributed by atoms with Crippen LogP contribution in [0.1, 0.15) is 101 Å². The lowest BCUT2D eigenvalue weighted by Crippen LogP contribution is -2.65. The number of hydrogen-bond acceptors (Lipinski definition) is 2. The summed E-state index contributed by atoms with van der Waals surface area (Å²) >= 11 is 0. The van der Waals surface area contributed by atoms with Crippen molar-refractivity contribution < 1.29 is 9.78 Å². The van der Waals surface area contributed by atoms with Crippen LogP contribution in [0, 0.1) is 27.6 Å². The summed E-state index contributed by atoms with van der Waals surface area (Å²) < 4.78 is 0. The van der Waals surface area contributed by atoms with Gasteiger partial charge in [0.1, 0.15) is 0 Å². The molecule has 2 fully saturated rings. The Hall–Kier alpha value is -0.0800. The first kappa shape index (κ1) is 19.2. The molecule has 1 atom stereocenters. The van der Waals surface area contributed by atoms with E-state index in [4.69, 9.17) is 9.78 Å². The fourth-order valence-electron chi connectivity index (χ4n) is 6.76. The summed E-state index contributed by atoms with van der Waals surface area (Å²) in [6, 6.07) is 0. The largest absolute Gasteiger partial charge is 0.245 e. The van der Waals surface area contributed by atoms with Crippen molar-refractivity contribution in [1.29, 1.82) is 0 Å². The lowest BCUT2D eigenvalue weighted by atomic mass is 9.39. The van der Waals surface area contributed by atoms with Gasteiger partial charge in [-0.1, -0.05) is 75.2 Å². The van der Waals surface area contributed by atoms with E-state index in [0.717, 1.165) is 0 Å². The van der Waals surface area contributed by atoms with E-state index in [0.29, 0.717) is 5.92 Å². The topological polar surface area (TPSA) is 25.1 Å². The number of hydrogen-bond donors (Lipinski definition) is 0. The molecule has 0 aromatic carbocycles. The lowest BCUT2D eigenvalue weighted by Gasteiger charge is -2.64. The van der Waals surface area contributed by atoms with E-state index >= 15 is 0 Å². The van der Waals surface area contributed by atoms with Gasteiger partial charge in [-0.2, -0.15) is 9.78 Å². The van der Waals surface area contributed by atoms with Crippen molar-refractivity contribution in [3.8, 4) is 0 Å². The first-order chi connectivity index (χ1) is 10.4. The maximum absolute atomic E-state index is 5.98. The normalized spacial score (nSPS) is 28.8. The Bertz CT molecular complexity index is 411. The Kier molecular flexibility index (Phi) is 4.79. The molecular formula is C21H40O2. The minimum Gasteiger partial charge on any atom is -0.194 e. The Morgan fingerprint density at radius 3 is 1.65 bits per heavy atom. The van der Waals surface area contributed by atoms with E-state index < -0.39 is 5.79 Å². The molecule has 1 spiro atoms. The van der Waals surface area contributed by atoms with Crippen LogP contribution in [-0.2, 0) is 9.78 Å². The molecule has 1 heterocycles. The number of rotatable bonds is 6. The summed E-state index contributed by atoms with van der Waals surface area (Å²) in [6.07, 6.45) is 7.24. The Morgan fingerprint density at radius 2 is 1.30 bits per heavy atom.